The minimum atomic E-state index is -3.38. The molecule has 0 aromatic carbocycles. The van der Waals surface area contributed by atoms with Gasteiger partial charge in [0, 0.05) is 36.3 Å². The number of hydrogen-bond donors (Lipinski definition) is 2. The van der Waals surface area contributed by atoms with Crippen LogP contribution in [0.25, 0.3) is 11.4 Å². The van der Waals surface area contributed by atoms with Gasteiger partial charge in [0.05, 0.1) is 11.4 Å². The van der Waals surface area contributed by atoms with Gasteiger partial charge < -0.3 is 9.79 Å². The lowest BCUT2D eigenvalue weighted by Gasteiger charge is -2.09. The quantitative estimate of drug-likeness (QED) is 0.826. The number of hydrogen-bond acceptors (Lipinski definition) is 4. The normalized spacial score (nSPS) is 17.2. The van der Waals surface area contributed by atoms with E-state index < -0.39 is 14.7 Å². The first kappa shape index (κ1) is 15.1. The second kappa shape index (κ2) is 5.23. The highest BCUT2D eigenvalue weighted by molar-refractivity contribution is 7.65. The first-order valence-electron chi connectivity index (χ1n) is 5.72. The van der Waals surface area contributed by atoms with Crippen molar-refractivity contribution in [1.29, 1.82) is 0 Å². The summed E-state index contributed by atoms with van der Waals surface area (Å²) in [6.07, 6.45) is 2.83. The highest BCUT2D eigenvalue weighted by atomic mass is 31.2. The molecular weight excluding hydrogens is 298 g/mol. The maximum atomic E-state index is 11.6. The zero-order chi connectivity index (χ0) is 15.0. The summed E-state index contributed by atoms with van der Waals surface area (Å²) < 4.78 is 23.3. The van der Waals surface area contributed by atoms with E-state index in [1.165, 1.54) is 50.0 Å². The van der Waals surface area contributed by atoms with Crippen LogP contribution in [-0.2, 0) is 9.13 Å². The average molecular weight is 312 g/mol. The summed E-state index contributed by atoms with van der Waals surface area (Å²) in [6, 6.07) is 5.85. The molecule has 0 spiro atoms. The van der Waals surface area contributed by atoms with Gasteiger partial charge in [0.25, 0.3) is 0 Å². The molecule has 2 aromatic rings. The monoisotopic (exact) mass is 312 g/mol. The zero-order valence-electron chi connectivity index (χ0n) is 11.0. The summed E-state index contributed by atoms with van der Waals surface area (Å²) in [5.74, 6) is 0. The van der Waals surface area contributed by atoms with Gasteiger partial charge in [-0.3, -0.25) is 19.1 Å². The van der Waals surface area contributed by atoms with Gasteiger partial charge in [-0.05, 0) is 24.3 Å². The number of rotatable bonds is 3. The standard InChI is InChI=1S/C12H14N2O4P2/c1-19(15,16)9-3-5-13-11(7-9)12-8-10(4-6-14-12)20(2,17)18/h3-8H,1-2H3,(H,15,16)(H,17,18). The molecule has 0 saturated heterocycles. The lowest BCUT2D eigenvalue weighted by Crippen LogP contribution is -2.07. The zero-order valence-corrected chi connectivity index (χ0v) is 12.8. The smallest absolute Gasteiger partial charge is 0.226 e. The summed E-state index contributed by atoms with van der Waals surface area (Å²) in [4.78, 5) is 27.3. The van der Waals surface area contributed by atoms with Crippen molar-refractivity contribution in [3.63, 3.8) is 0 Å². The van der Waals surface area contributed by atoms with Crippen molar-refractivity contribution in [2.45, 2.75) is 0 Å². The van der Waals surface area contributed by atoms with E-state index in [9.17, 15) is 18.9 Å². The maximum absolute atomic E-state index is 11.6. The van der Waals surface area contributed by atoms with Gasteiger partial charge in [-0.25, -0.2) is 0 Å². The summed E-state index contributed by atoms with van der Waals surface area (Å²) in [7, 11) is -6.76. The van der Waals surface area contributed by atoms with Crippen molar-refractivity contribution in [2.75, 3.05) is 13.3 Å². The van der Waals surface area contributed by atoms with Crippen LogP contribution in [0.3, 0.4) is 0 Å². The predicted octanol–water partition coefficient (Wildman–Crippen LogP) is 1.19. The molecule has 0 amide bonds. The Morgan fingerprint density at radius 1 is 0.850 bits per heavy atom. The van der Waals surface area contributed by atoms with E-state index in [4.69, 9.17) is 0 Å². The fraction of sp³-hybridized carbons (Fsp3) is 0.167. The first-order valence-corrected chi connectivity index (χ1v) is 9.93. The summed E-state index contributed by atoms with van der Waals surface area (Å²) in [5, 5.41) is 0.525. The molecule has 2 aromatic heterocycles. The second-order valence-electron chi connectivity index (χ2n) is 4.56. The molecule has 0 aliphatic heterocycles. The van der Waals surface area contributed by atoms with Crippen LogP contribution in [0.1, 0.15) is 0 Å². The molecule has 2 N–H and O–H groups in total. The molecule has 2 unspecified atom stereocenters. The van der Waals surface area contributed by atoms with Crippen LogP contribution in [-0.4, -0.2) is 33.1 Å². The third-order valence-electron chi connectivity index (χ3n) is 2.71. The highest BCUT2D eigenvalue weighted by Gasteiger charge is 2.17. The molecule has 106 valence electrons. The van der Waals surface area contributed by atoms with Crippen molar-refractivity contribution in [2.24, 2.45) is 0 Å². The van der Waals surface area contributed by atoms with E-state index in [2.05, 4.69) is 9.97 Å². The Balaban J connectivity index is 2.53. The van der Waals surface area contributed by atoms with Gasteiger partial charge in [-0.2, -0.15) is 0 Å². The van der Waals surface area contributed by atoms with Gasteiger partial charge in [-0.15, -0.1) is 0 Å². The number of pyridine rings is 2. The van der Waals surface area contributed by atoms with Crippen LogP contribution in [0.5, 0.6) is 0 Å². The van der Waals surface area contributed by atoms with E-state index in [-0.39, 0.29) is 10.6 Å². The Kier molecular flexibility index (Phi) is 3.94. The Hall–Kier alpha value is -1.32. The minimum absolute atomic E-state index is 0.262. The molecule has 0 saturated carbocycles. The van der Waals surface area contributed by atoms with E-state index in [1.807, 2.05) is 0 Å². The van der Waals surface area contributed by atoms with Crippen molar-refractivity contribution in [3.05, 3.63) is 36.7 Å². The molecule has 20 heavy (non-hydrogen) atoms. The molecule has 0 bridgehead atoms. The predicted molar refractivity (Wildman–Crippen MR) is 78.2 cm³/mol. The van der Waals surface area contributed by atoms with Gasteiger partial charge in [0.1, 0.15) is 0 Å². The van der Waals surface area contributed by atoms with Gasteiger partial charge in [0.15, 0.2) is 0 Å². The van der Waals surface area contributed by atoms with E-state index in [1.54, 1.807) is 0 Å². The van der Waals surface area contributed by atoms with Gasteiger partial charge in [-0.1, -0.05) is 0 Å². The molecule has 2 rings (SSSR count). The molecule has 0 radical (unpaired) electrons. The number of nitrogens with zero attached hydrogens (tertiary/aromatic N) is 2. The molecule has 8 heteroatoms. The van der Waals surface area contributed by atoms with Crippen LogP contribution in [0.2, 0.25) is 0 Å². The molecule has 2 heterocycles. The van der Waals surface area contributed by atoms with Crippen LogP contribution in [0, 0.1) is 0 Å². The fourth-order valence-electron chi connectivity index (χ4n) is 1.64. The van der Waals surface area contributed by atoms with Crippen molar-refractivity contribution < 1.29 is 18.9 Å². The Morgan fingerprint density at radius 2 is 1.20 bits per heavy atom. The third-order valence-corrected chi connectivity index (χ3v) is 5.18. The van der Waals surface area contributed by atoms with E-state index in [0.717, 1.165) is 0 Å². The van der Waals surface area contributed by atoms with Crippen LogP contribution < -0.4 is 10.6 Å². The van der Waals surface area contributed by atoms with Crippen molar-refractivity contribution in [3.8, 4) is 11.4 Å². The van der Waals surface area contributed by atoms with Crippen LogP contribution in [0.15, 0.2) is 36.7 Å². The van der Waals surface area contributed by atoms with Gasteiger partial charge in [0.2, 0.25) is 14.7 Å². The third kappa shape index (κ3) is 3.41. The number of aromatic nitrogens is 2. The fourth-order valence-corrected chi connectivity index (χ4v) is 3.05. The molecule has 6 nitrogen and oxygen atoms in total. The van der Waals surface area contributed by atoms with Crippen molar-refractivity contribution in [1.82, 2.24) is 9.97 Å². The second-order valence-corrected chi connectivity index (χ2v) is 9.11. The van der Waals surface area contributed by atoms with Crippen LogP contribution >= 0.6 is 14.7 Å². The molecule has 0 aliphatic rings. The van der Waals surface area contributed by atoms with Crippen LogP contribution in [0.4, 0.5) is 0 Å². The Morgan fingerprint density at radius 3 is 1.50 bits per heavy atom. The summed E-state index contributed by atoms with van der Waals surface area (Å²) in [6.45, 7) is 2.48. The van der Waals surface area contributed by atoms with Gasteiger partial charge >= 0.3 is 0 Å². The Bertz CT molecular complexity index is 672. The first-order chi connectivity index (χ1) is 9.18. The Labute approximate surface area is 116 Å². The maximum Gasteiger partial charge on any atom is 0.226 e. The lowest BCUT2D eigenvalue weighted by molar-refractivity contribution is 0.495. The molecule has 2 atom stereocenters. The lowest BCUT2D eigenvalue weighted by atomic mass is 10.2. The van der Waals surface area contributed by atoms with E-state index >= 15 is 0 Å². The van der Waals surface area contributed by atoms with Crippen molar-refractivity contribution >= 4 is 25.3 Å². The molecular formula is C12H14N2O4P2. The highest BCUT2D eigenvalue weighted by Crippen LogP contribution is 2.36. The minimum Gasteiger partial charge on any atom is -0.341 e. The van der Waals surface area contributed by atoms with E-state index in [0.29, 0.717) is 11.4 Å². The largest absolute Gasteiger partial charge is 0.341 e. The molecule has 0 fully saturated rings. The topological polar surface area (TPSA) is 100 Å². The summed E-state index contributed by atoms with van der Waals surface area (Å²) >= 11 is 0. The summed E-state index contributed by atoms with van der Waals surface area (Å²) in [5.41, 5.74) is 0.767. The molecule has 0 aliphatic carbocycles. The SMILES string of the molecule is CP(=O)(O)c1ccnc(-c2cc(P(C)(=O)O)ccn2)c1. The average Bonchev–Trinajstić information content (AvgIpc) is 2.37.